The molecule has 1 fully saturated rings. The average molecular weight is 425 g/mol. The van der Waals surface area contributed by atoms with Gasteiger partial charge in [0.25, 0.3) is 0 Å². The van der Waals surface area contributed by atoms with Gasteiger partial charge in [-0.05, 0) is 36.4 Å². The molecule has 0 atom stereocenters. The highest BCUT2D eigenvalue weighted by Crippen LogP contribution is 2.23. The highest BCUT2D eigenvalue weighted by Gasteiger charge is 2.23. The fourth-order valence-corrected chi connectivity index (χ4v) is 3.35. The molecule has 1 aliphatic heterocycles. The average Bonchev–Trinajstić information content (AvgIpc) is 2.81. The predicted molar refractivity (Wildman–Crippen MR) is 113 cm³/mol. The Balaban J connectivity index is 1.35. The summed E-state index contributed by atoms with van der Waals surface area (Å²) < 4.78 is 32.0. The van der Waals surface area contributed by atoms with Crippen molar-refractivity contribution in [2.75, 3.05) is 43.5 Å². The van der Waals surface area contributed by atoms with Gasteiger partial charge < -0.3 is 19.9 Å². The Morgan fingerprint density at radius 3 is 2.48 bits per heavy atom. The Kier molecular flexibility index (Phi) is 5.92. The van der Waals surface area contributed by atoms with E-state index in [0.29, 0.717) is 26.2 Å². The van der Waals surface area contributed by atoms with Crippen molar-refractivity contribution < 1.29 is 18.3 Å². The van der Waals surface area contributed by atoms with Crippen LogP contribution in [0.4, 0.5) is 25.1 Å². The van der Waals surface area contributed by atoms with E-state index in [1.807, 2.05) is 41.3 Å². The Labute approximate surface area is 178 Å². The van der Waals surface area contributed by atoms with Crippen molar-refractivity contribution in [2.24, 2.45) is 0 Å². The predicted octanol–water partition coefficient (Wildman–Crippen LogP) is 3.78. The summed E-state index contributed by atoms with van der Waals surface area (Å²) in [5, 5.41) is 11.1. The zero-order valence-corrected chi connectivity index (χ0v) is 16.9. The molecule has 2 aromatic carbocycles. The van der Waals surface area contributed by atoms with E-state index in [9.17, 15) is 13.6 Å². The summed E-state index contributed by atoms with van der Waals surface area (Å²) in [6.45, 7) is 2.00. The lowest BCUT2D eigenvalue weighted by Gasteiger charge is -2.35. The molecular formula is C22H21F2N5O2. The second-order valence-electron chi connectivity index (χ2n) is 7.04. The Morgan fingerprint density at radius 1 is 1.00 bits per heavy atom. The number of amides is 2. The molecule has 7 nitrogen and oxygen atoms in total. The first-order valence-electron chi connectivity index (χ1n) is 9.77. The molecule has 9 heteroatoms. The van der Waals surface area contributed by atoms with Gasteiger partial charge in [-0.2, -0.15) is 0 Å². The maximum absolute atomic E-state index is 13.8. The highest BCUT2D eigenvalue weighted by atomic mass is 19.1. The van der Waals surface area contributed by atoms with Crippen molar-refractivity contribution in [3.8, 4) is 17.0 Å². The minimum absolute atomic E-state index is 0.0483. The van der Waals surface area contributed by atoms with E-state index < -0.39 is 17.7 Å². The SMILES string of the molecule is COc1cccc(-c2ccc(N3CCN(C(=O)Nc4ccc(F)cc4F)CC3)nn2)c1. The van der Waals surface area contributed by atoms with Crippen molar-refractivity contribution in [3.63, 3.8) is 0 Å². The number of nitrogens with zero attached hydrogens (tertiary/aromatic N) is 4. The number of aromatic nitrogens is 2. The molecule has 0 saturated carbocycles. The molecule has 1 aromatic heterocycles. The molecule has 1 N–H and O–H groups in total. The van der Waals surface area contributed by atoms with Crippen LogP contribution in [-0.4, -0.2) is 54.4 Å². The van der Waals surface area contributed by atoms with E-state index in [4.69, 9.17) is 4.74 Å². The minimum atomic E-state index is -0.807. The topological polar surface area (TPSA) is 70.6 Å². The number of benzene rings is 2. The maximum Gasteiger partial charge on any atom is 0.322 e. The van der Waals surface area contributed by atoms with Gasteiger partial charge in [-0.15, -0.1) is 10.2 Å². The Hall–Kier alpha value is -3.75. The molecule has 1 aliphatic rings. The monoisotopic (exact) mass is 425 g/mol. The van der Waals surface area contributed by atoms with Gasteiger partial charge in [-0.1, -0.05) is 12.1 Å². The maximum atomic E-state index is 13.8. The fraction of sp³-hybridized carbons (Fsp3) is 0.227. The van der Waals surface area contributed by atoms with E-state index in [2.05, 4.69) is 15.5 Å². The van der Waals surface area contributed by atoms with E-state index in [-0.39, 0.29) is 5.69 Å². The second-order valence-corrected chi connectivity index (χ2v) is 7.04. The number of carbonyl (C=O) groups excluding carboxylic acids is 1. The van der Waals surface area contributed by atoms with E-state index >= 15 is 0 Å². The number of nitrogens with one attached hydrogen (secondary N) is 1. The van der Waals surface area contributed by atoms with Crippen LogP contribution in [0, 0.1) is 11.6 Å². The second kappa shape index (κ2) is 8.95. The Morgan fingerprint density at radius 2 is 1.81 bits per heavy atom. The van der Waals surface area contributed by atoms with Crippen LogP contribution in [0.5, 0.6) is 5.75 Å². The molecule has 0 radical (unpaired) electrons. The third kappa shape index (κ3) is 4.71. The third-order valence-corrected chi connectivity index (χ3v) is 5.08. The zero-order valence-electron chi connectivity index (χ0n) is 16.9. The van der Waals surface area contributed by atoms with Gasteiger partial charge in [0.15, 0.2) is 5.82 Å². The van der Waals surface area contributed by atoms with E-state index in [1.165, 1.54) is 6.07 Å². The van der Waals surface area contributed by atoms with E-state index in [0.717, 1.165) is 35.0 Å². The van der Waals surface area contributed by atoms with E-state index in [1.54, 1.807) is 12.0 Å². The fourth-order valence-electron chi connectivity index (χ4n) is 3.35. The smallest absolute Gasteiger partial charge is 0.322 e. The van der Waals surface area contributed by atoms with Gasteiger partial charge >= 0.3 is 6.03 Å². The van der Waals surface area contributed by atoms with Gasteiger partial charge in [0.2, 0.25) is 0 Å². The molecule has 3 aromatic rings. The van der Waals surface area contributed by atoms with Crippen molar-refractivity contribution in [3.05, 3.63) is 66.2 Å². The number of rotatable bonds is 4. The molecule has 31 heavy (non-hydrogen) atoms. The quantitative estimate of drug-likeness (QED) is 0.689. The van der Waals surface area contributed by atoms with Gasteiger partial charge in [0, 0.05) is 37.8 Å². The van der Waals surface area contributed by atoms with Crippen LogP contribution in [0.25, 0.3) is 11.3 Å². The summed E-state index contributed by atoms with van der Waals surface area (Å²) in [4.78, 5) is 16.0. The summed E-state index contributed by atoms with van der Waals surface area (Å²) in [7, 11) is 1.62. The van der Waals surface area contributed by atoms with Crippen LogP contribution >= 0.6 is 0 Å². The summed E-state index contributed by atoms with van der Waals surface area (Å²) in [6.07, 6.45) is 0. The van der Waals surface area contributed by atoms with Gasteiger partial charge in [0.05, 0.1) is 18.5 Å². The number of carbonyl (C=O) groups is 1. The molecule has 0 bridgehead atoms. The number of hydrogen-bond donors (Lipinski definition) is 1. The summed E-state index contributed by atoms with van der Waals surface area (Å²) in [5.41, 5.74) is 1.60. The molecule has 2 amide bonds. The summed E-state index contributed by atoms with van der Waals surface area (Å²) in [5.74, 6) is -0.0318. The van der Waals surface area contributed by atoms with Crippen molar-refractivity contribution in [1.82, 2.24) is 15.1 Å². The summed E-state index contributed by atoms with van der Waals surface area (Å²) in [6, 6.07) is 14.0. The first-order chi connectivity index (χ1) is 15.0. The lowest BCUT2D eigenvalue weighted by molar-refractivity contribution is 0.208. The van der Waals surface area contributed by atoms with Crippen LogP contribution in [0.15, 0.2) is 54.6 Å². The first-order valence-corrected chi connectivity index (χ1v) is 9.77. The van der Waals surface area contributed by atoms with Crippen LogP contribution in [0.1, 0.15) is 0 Å². The van der Waals surface area contributed by atoms with Crippen LogP contribution < -0.4 is 15.0 Å². The largest absolute Gasteiger partial charge is 0.497 e. The zero-order chi connectivity index (χ0) is 21.8. The summed E-state index contributed by atoms with van der Waals surface area (Å²) >= 11 is 0. The van der Waals surface area contributed by atoms with Gasteiger partial charge in [-0.25, -0.2) is 13.6 Å². The number of halogens is 2. The van der Waals surface area contributed by atoms with Crippen molar-refractivity contribution >= 4 is 17.5 Å². The standard InChI is InChI=1S/C22H21F2N5O2/c1-31-17-4-2-3-15(13-17)19-7-8-21(27-26-19)28-9-11-29(12-10-28)22(30)25-20-6-5-16(23)14-18(20)24/h2-8,13-14H,9-12H2,1H3,(H,25,30). The number of urea groups is 1. The minimum Gasteiger partial charge on any atom is -0.497 e. The molecule has 0 aliphatic carbocycles. The number of hydrogen-bond acceptors (Lipinski definition) is 5. The normalized spacial score (nSPS) is 13.8. The van der Waals surface area contributed by atoms with Crippen LogP contribution in [0.2, 0.25) is 0 Å². The first kappa shape index (κ1) is 20.5. The van der Waals surface area contributed by atoms with Crippen LogP contribution in [0.3, 0.4) is 0 Å². The lowest BCUT2D eigenvalue weighted by Crippen LogP contribution is -2.50. The highest BCUT2D eigenvalue weighted by molar-refractivity contribution is 5.89. The molecule has 160 valence electrons. The lowest BCUT2D eigenvalue weighted by atomic mass is 10.1. The van der Waals surface area contributed by atoms with Crippen molar-refractivity contribution in [2.45, 2.75) is 0 Å². The molecule has 2 heterocycles. The van der Waals surface area contributed by atoms with Crippen molar-refractivity contribution in [1.29, 1.82) is 0 Å². The van der Waals surface area contributed by atoms with Gasteiger partial charge in [-0.3, -0.25) is 0 Å². The third-order valence-electron chi connectivity index (χ3n) is 5.08. The molecule has 0 spiro atoms. The number of methoxy groups -OCH3 is 1. The molecule has 0 unspecified atom stereocenters. The molecule has 4 rings (SSSR count). The Bertz CT molecular complexity index is 1070. The van der Waals surface area contributed by atoms with Gasteiger partial charge in [0.1, 0.15) is 17.4 Å². The number of anilines is 2. The molecular weight excluding hydrogens is 404 g/mol. The number of ether oxygens (including phenoxy) is 1. The van der Waals surface area contributed by atoms with Crippen LogP contribution in [-0.2, 0) is 0 Å². The molecule has 1 saturated heterocycles. The number of piperazine rings is 1.